The Labute approximate surface area is 207 Å². The highest BCUT2D eigenvalue weighted by Gasteiger charge is 2.43. The Morgan fingerprint density at radius 1 is 1.20 bits per heavy atom. The molecule has 0 aliphatic carbocycles. The van der Waals surface area contributed by atoms with Gasteiger partial charge in [0.2, 0.25) is 17.7 Å². The van der Waals surface area contributed by atoms with Crippen molar-refractivity contribution in [1.82, 2.24) is 20.9 Å². The lowest BCUT2D eigenvalue weighted by atomic mass is 9.98. The molecule has 3 rings (SSSR count). The Kier molecular flexibility index (Phi) is 8.90. The van der Waals surface area contributed by atoms with Crippen molar-refractivity contribution in [3.8, 4) is 0 Å². The molecular formula is C24H35N5O5S. The van der Waals surface area contributed by atoms with Gasteiger partial charge in [0.25, 0.3) is 10.0 Å². The van der Waals surface area contributed by atoms with Crippen LogP contribution in [0.3, 0.4) is 0 Å². The molecule has 2 saturated heterocycles. The molecule has 11 heteroatoms. The summed E-state index contributed by atoms with van der Waals surface area (Å²) in [5.74, 6) is -0.702. The van der Waals surface area contributed by atoms with E-state index >= 15 is 0 Å². The number of hydrogen-bond acceptors (Lipinski definition) is 6. The fourth-order valence-electron chi connectivity index (χ4n) is 4.61. The Hall–Kier alpha value is -2.92. The summed E-state index contributed by atoms with van der Waals surface area (Å²) in [4.78, 5) is 40.7. The molecule has 0 unspecified atom stereocenters. The van der Waals surface area contributed by atoms with Crippen molar-refractivity contribution >= 4 is 33.4 Å². The maximum absolute atomic E-state index is 13.5. The van der Waals surface area contributed by atoms with E-state index in [1.807, 2.05) is 0 Å². The van der Waals surface area contributed by atoms with E-state index < -0.39 is 28.1 Å². The summed E-state index contributed by atoms with van der Waals surface area (Å²) in [6.07, 6.45) is 4.48. The third-order valence-corrected chi connectivity index (χ3v) is 7.61. The van der Waals surface area contributed by atoms with Crippen LogP contribution in [0.25, 0.3) is 0 Å². The van der Waals surface area contributed by atoms with Crippen molar-refractivity contribution in [2.45, 2.75) is 76.2 Å². The average molecular weight is 506 g/mol. The van der Waals surface area contributed by atoms with Gasteiger partial charge in [0.1, 0.15) is 12.1 Å². The number of sulfonamides is 1. The predicted molar refractivity (Wildman–Crippen MR) is 134 cm³/mol. The Morgan fingerprint density at radius 3 is 2.66 bits per heavy atom. The molecule has 1 aromatic rings. The number of carbonyl (C=O) groups excluding carboxylic acids is 3. The molecule has 0 saturated carbocycles. The molecule has 0 aromatic heterocycles. The van der Waals surface area contributed by atoms with E-state index in [9.17, 15) is 22.8 Å². The topological polar surface area (TPSA) is 137 Å². The van der Waals surface area contributed by atoms with Gasteiger partial charge in [0.15, 0.2) is 0 Å². The van der Waals surface area contributed by atoms with E-state index in [0.717, 1.165) is 31.1 Å². The van der Waals surface area contributed by atoms with Gasteiger partial charge < -0.3 is 20.9 Å². The van der Waals surface area contributed by atoms with Crippen LogP contribution in [0.15, 0.2) is 36.3 Å². The van der Waals surface area contributed by atoms with E-state index in [1.165, 1.54) is 0 Å². The molecule has 2 aliphatic rings. The molecule has 3 amide bonds. The van der Waals surface area contributed by atoms with Crippen molar-refractivity contribution in [1.29, 1.82) is 0 Å². The number of likely N-dealkylation sites (N-methyl/N-ethyl adjacent to an activating group) is 1. The summed E-state index contributed by atoms with van der Waals surface area (Å²) in [6.45, 7) is 5.19. The normalized spacial score (nSPS) is 23.4. The van der Waals surface area contributed by atoms with E-state index in [2.05, 4.69) is 27.3 Å². The number of carbonyl (C=O) groups is 3. The SMILES string of the molecule is C=CS(=O)(=O)Nc1cccc(CNC(=O)[C@@H]2CC[C@@H]3CCCC[C@H](NC(=O)[C@H](C)NC)C(=O)N32)c1. The molecule has 2 fully saturated rings. The highest BCUT2D eigenvalue weighted by molar-refractivity contribution is 7.95. The fraction of sp³-hybridized carbons (Fsp3) is 0.542. The molecule has 0 spiro atoms. The predicted octanol–water partition coefficient (Wildman–Crippen LogP) is 1.21. The van der Waals surface area contributed by atoms with Crippen LogP contribution in [0.5, 0.6) is 0 Å². The maximum atomic E-state index is 13.5. The summed E-state index contributed by atoms with van der Waals surface area (Å²) < 4.78 is 25.8. The zero-order valence-electron chi connectivity index (χ0n) is 20.2. The number of nitrogens with zero attached hydrogens (tertiary/aromatic N) is 1. The summed E-state index contributed by atoms with van der Waals surface area (Å²) in [7, 11) is -1.95. The van der Waals surface area contributed by atoms with Crippen LogP contribution in [0.1, 0.15) is 51.0 Å². The molecule has 0 radical (unpaired) electrons. The number of benzene rings is 1. The first-order valence-electron chi connectivity index (χ1n) is 12.0. The van der Waals surface area contributed by atoms with Gasteiger partial charge in [-0.2, -0.15) is 0 Å². The number of rotatable bonds is 9. The van der Waals surface area contributed by atoms with Crippen molar-refractivity contribution in [3.63, 3.8) is 0 Å². The number of hydrogen-bond donors (Lipinski definition) is 4. The Balaban J connectivity index is 1.68. The third kappa shape index (κ3) is 6.82. The number of anilines is 1. The van der Waals surface area contributed by atoms with E-state index in [4.69, 9.17) is 0 Å². The first-order valence-corrected chi connectivity index (χ1v) is 13.5. The van der Waals surface area contributed by atoms with E-state index in [0.29, 0.717) is 24.1 Å². The van der Waals surface area contributed by atoms with Gasteiger partial charge in [-0.3, -0.25) is 19.1 Å². The fourth-order valence-corrected chi connectivity index (χ4v) is 5.15. The van der Waals surface area contributed by atoms with Crippen LogP contribution in [0.4, 0.5) is 5.69 Å². The Morgan fingerprint density at radius 2 is 1.94 bits per heavy atom. The van der Waals surface area contributed by atoms with Crippen LogP contribution in [-0.4, -0.2) is 62.3 Å². The van der Waals surface area contributed by atoms with Crippen molar-refractivity contribution in [2.24, 2.45) is 0 Å². The summed E-state index contributed by atoms with van der Waals surface area (Å²) >= 11 is 0. The molecule has 1 aromatic carbocycles. The standard InChI is InChI=1S/C24H35N5O5S/c1-4-35(33,34)28-18-9-7-8-17(14-18)15-26-23(31)21-13-12-19-10-5-6-11-20(24(32)29(19)21)27-22(30)16(2)25-3/h4,7-9,14,16,19-21,25,28H,1,5-6,10-13,15H2,2-3H3,(H,26,31)(H,27,30)/t16-,19-,20-,21-/m0/s1. The molecule has 0 bridgehead atoms. The molecule has 4 atom stereocenters. The molecule has 35 heavy (non-hydrogen) atoms. The Bertz CT molecular complexity index is 1060. The van der Waals surface area contributed by atoms with Gasteiger partial charge in [0, 0.05) is 23.7 Å². The lowest BCUT2D eigenvalue weighted by Crippen LogP contribution is -2.57. The van der Waals surface area contributed by atoms with Gasteiger partial charge in [-0.15, -0.1) is 0 Å². The van der Waals surface area contributed by atoms with Crippen LogP contribution < -0.4 is 20.7 Å². The zero-order chi connectivity index (χ0) is 25.6. The second-order valence-corrected chi connectivity index (χ2v) is 10.7. The second kappa shape index (κ2) is 11.7. The molecule has 2 aliphatic heterocycles. The zero-order valence-corrected chi connectivity index (χ0v) is 21.1. The summed E-state index contributed by atoms with van der Waals surface area (Å²) in [5.41, 5.74) is 1.08. The van der Waals surface area contributed by atoms with Crippen LogP contribution in [-0.2, 0) is 31.0 Å². The number of nitrogens with one attached hydrogen (secondary N) is 4. The minimum absolute atomic E-state index is 0.0173. The van der Waals surface area contributed by atoms with Gasteiger partial charge in [-0.1, -0.05) is 31.6 Å². The highest BCUT2D eigenvalue weighted by Crippen LogP contribution is 2.31. The van der Waals surface area contributed by atoms with E-state index in [1.54, 1.807) is 43.1 Å². The van der Waals surface area contributed by atoms with Crippen LogP contribution in [0.2, 0.25) is 0 Å². The second-order valence-electron chi connectivity index (χ2n) is 9.08. The van der Waals surface area contributed by atoms with Crippen molar-refractivity contribution in [3.05, 3.63) is 41.8 Å². The first-order chi connectivity index (χ1) is 16.6. The highest BCUT2D eigenvalue weighted by atomic mass is 32.2. The summed E-state index contributed by atoms with van der Waals surface area (Å²) in [6, 6.07) is 5.02. The smallest absolute Gasteiger partial charge is 0.254 e. The minimum atomic E-state index is -3.63. The third-order valence-electron chi connectivity index (χ3n) is 6.65. The summed E-state index contributed by atoms with van der Waals surface area (Å²) in [5, 5.41) is 9.45. The van der Waals surface area contributed by atoms with Gasteiger partial charge in [-0.05, 0) is 57.4 Å². The molecule has 2 heterocycles. The molecule has 192 valence electrons. The average Bonchev–Trinajstić information content (AvgIpc) is 3.25. The number of amides is 3. The number of fused-ring (bicyclic) bond motifs is 1. The minimum Gasteiger partial charge on any atom is -0.350 e. The molecule has 10 nitrogen and oxygen atoms in total. The van der Waals surface area contributed by atoms with Gasteiger partial charge >= 0.3 is 0 Å². The quantitative estimate of drug-likeness (QED) is 0.398. The molecule has 4 N–H and O–H groups in total. The first kappa shape index (κ1) is 26.7. The van der Waals surface area contributed by atoms with Crippen LogP contribution in [0, 0.1) is 0 Å². The van der Waals surface area contributed by atoms with E-state index in [-0.39, 0.29) is 30.3 Å². The van der Waals surface area contributed by atoms with Crippen molar-refractivity contribution < 1.29 is 22.8 Å². The lowest BCUT2D eigenvalue weighted by molar-refractivity contribution is -0.144. The van der Waals surface area contributed by atoms with Gasteiger partial charge in [-0.25, -0.2) is 8.42 Å². The lowest BCUT2D eigenvalue weighted by Gasteiger charge is -2.35. The monoisotopic (exact) mass is 505 g/mol. The van der Waals surface area contributed by atoms with Crippen LogP contribution >= 0.6 is 0 Å². The van der Waals surface area contributed by atoms with Crippen molar-refractivity contribution in [2.75, 3.05) is 11.8 Å². The maximum Gasteiger partial charge on any atom is 0.254 e. The molecular weight excluding hydrogens is 470 g/mol. The largest absolute Gasteiger partial charge is 0.350 e. The van der Waals surface area contributed by atoms with Gasteiger partial charge in [0.05, 0.1) is 6.04 Å².